The zero-order chi connectivity index (χ0) is 14.8. The Morgan fingerprint density at radius 3 is 2.60 bits per heavy atom. The lowest BCUT2D eigenvalue weighted by Crippen LogP contribution is -2.61. The summed E-state index contributed by atoms with van der Waals surface area (Å²) in [5.41, 5.74) is -0.780. The molecule has 0 saturated carbocycles. The molecule has 1 aromatic carbocycles. The maximum absolute atomic E-state index is 10.6. The first-order chi connectivity index (χ1) is 9.49. The standard InChI is InChI=1S/C14H18O6/c1-14(12(18)10(16)7-15)11(17)8-19-13(20-14)9-5-3-2-4-6-9/h2-7,10-13,16-18H,8H2,1H3/t10-,11+,12+,13+,14+/m0/s1. The molecule has 6 nitrogen and oxygen atoms in total. The molecule has 1 fully saturated rings. The van der Waals surface area contributed by atoms with E-state index in [4.69, 9.17) is 9.47 Å². The van der Waals surface area contributed by atoms with Gasteiger partial charge in [0.05, 0.1) is 6.61 Å². The molecule has 110 valence electrons. The predicted octanol–water partition coefficient (Wildman–Crippen LogP) is -0.228. The van der Waals surface area contributed by atoms with Crippen LogP contribution in [0.1, 0.15) is 18.8 Å². The van der Waals surface area contributed by atoms with Crippen LogP contribution in [0.15, 0.2) is 30.3 Å². The Morgan fingerprint density at radius 2 is 2.00 bits per heavy atom. The van der Waals surface area contributed by atoms with Crippen molar-refractivity contribution in [2.75, 3.05) is 6.61 Å². The van der Waals surface area contributed by atoms with E-state index < -0.39 is 30.2 Å². The molecule has 3 N–H and O–H groups in total. The van der Waals surface area contributed by atoms with Crippen LogP contribution in [0, 0.1) is 0 Å². The second kappa shape index (κ2) is 5.99. The third-order valence-corrected chi connectivity index (χ3v) is 3.55. The maximum atomic E-state index is 10.6. The summed E-state index contributed by atoms with van der Waals surface area (Å²) in [6.45, 7) is 1.37. The van der Waals surface area contributed by atoms with Crippen molar-refractivity contribution in [1.82, 2.24) is 0 Å². The monoisotopic (exact) mass is 282 g/mol. The Hall–Kier alpha value is -1.31. The van der Waals surface area contributed by atoms with Gasteiger partial charge in [0, 0.05) is 5.56 Å². The van der Waals surface area contributed by atoms with Gasteiger partial charge in [-0.25, -0.2) is 0 Å². The second-order valence-corrected chi connectivity index (χ2v) is 4.96. The molecule has 5 atom stereocenters. The fraction of sp³-hybridized carbons (Fsp3) is 0.500. The summed E-state index contributed by atoms with van der Waals surface area (Å²) in [5.74, 6) is 0. The topological polar surface area (TPSA) is 96.2 Å². The summed E-state index contributed by atoms with van der Waals surface area (Å²) < 4.78 is 11.0. The number of hydrogen-bond donors (Lipinski definition) is 3. The number of carbonyl (C=O) groups excluding carboxylic acids is 1. The van der Waals surface area contributed by atoms with Crippen molar-refractivity contribution in [3.63, 3.8) is 0 Å². The fourth-order valence-electron chi connectivity index (χ4n) is 2.14. The third kappa shape index (κ3) is 2.74. The zero-order valence-corrected chi connectivity index (χ0v) is 11.0. The molecule has 1 heterocycles. The Morgan fingerprint density at radius 1 is 1.35 bits per heavy atom. The molecule has 0 amide bonds. The molecule has 0 bridgehead atoms. The third-order valence-electron chi connectivity index (χ3n) is 3.55. The van der Waals surface area contributed by atoms with Crippen LogP contribution in [0.2, 0.25) is 0 Å². The Labute approximate surface area is 116 Å². The highest BCUT2D eigenvalue weighted by Crippen LogP contribution is 2.35. The minimum atomic E-state index is -1.64. The zero-order valence-electron chi connectivity index (χ0n) is 11.0. The molecule has 0 radical (unpaired) electrons. The first-order valence-corrected chi connectivity index (χ1v) is 6.33. The number of aldehydes is 1. The van der Waals surface area contributed by atoms with Crippen molar-refractivity contribution in [2.45, 2.75) is 37.1 Å². The van der Waals surface area contributed by atoms with E-state index in [0.29, 0.717) is 0 Å². The smallest absolute Gasteiger partial charge is 0.184 e. The number of hydrogen-bond acceptors (Lipinski definition) is 6. The van der Waals surface area contributed by atoms with E-state index in [1.54, 1.807) is 24.3 Å². The number of rotatable bonds is 4. The van der Waals surface area contributed by atoms with Gasteiger partial charge in [-0.15, -0.1) is 0 Å². The van der Waals surface area contributed by atoms with Crippen molar-refractivity contribution >= 4 is 6.29 Å². The highest BCUT2D eigenvalue weighted by atomic mass is 16.7. The SMILES string of the molecule is C[C@@]1([C@H](O)[C@@H](O)C=O)O[C@H](c2ccccc2)OC[C@H]1O. The molecule has 1 aliphatic heterocycles. The highest BCUT2D eigenvalue weighted by Gasteiger charge is 2.49. The molecule has 6 heteroatoms. The molecule has 1 aromatic rings. The Kier molecular flexibility index (Phi) is 4.52. The second-order valence-electron chi connectivity index (χ2n) is 4.96. The van der Waals surface area contributed by atoms with Gasteiger partial charge in [-0.05, 0) is 6.92 Å². The van der Waals surface area contributed by atoms with Gasteiger partial charge in [0.2, 0.25) is 0 Å². The number of ether oxygens (including phenoxy) is 2. The van der Waals surface area contributed by atoms with Crippen molar-refractivity contribution in [3.8, 4) is 0 Å². The van der Waals surface area contributed by atoms with E-state index in [2.05, 4.69) is 0 Å². The van der Waals surface area contributed by atoms with Gasteiger partial charge in [0.1, 0.15) is 23.9 Å². The Balaban J connectivity index is 2.22. The van der Waals surface area contributed by atoms with Crippen LogP contribution in [0.25, 0.3) is 0 Å². The lowest BCUT2D eigenvalue weighted by Gasteiger charge is -2.45. The Bertz CT molecular complexity index is 450. The number of aliphatic hydroxyl groups excluding tert-OH is 3. The molecule has 1 aliphatic rings. The van der Waals surface area contributed by atoms with Gasteiger partial charge in [0.15, 0.2) is 12.6 Å². The maximum Gasteiger partial charge on any atom is 0.184 e. The van der Waals surface area contributed by atoms with Gasteiger partial charge in [-0.2, -0.15) is 0 Å². The van der Waals surface area contributed by atoms with Crippen LogP contribution < -0.4 is 0 Å². The molecule has 0 spiro atoms. The molecule has 2 rings (SSSR count). The highest BCUT2D eigenvalue weighted by molar-refractivity contribution is 5.57. The van der Waals surface area contributed by atoms with Gasteiger partial charge in [-0.1, -0.05) is 30.3 Å². The van der Waals surface area contributed by atoms with Crippen molar-refractivity contribution in [1.29, 1.82) is 0 Å². The quantitative estimate of drug-likeness (QED) is 0.660. The van der Waals surface area contributed by atoms with E-state index in [0.717, 1.165) is 5.56 Å². The average Bonchev–Trinajstić information content (AvgIpc) is 2.49. The molecule has 0 aromatic heterocycles. The summed E-state index contributed by atoms with van der Waals surface area (Å²) in [6, 6.07) is 9.02. The average molecular weight is 282 g/mol. The lowest BCUT2D eigenvalue weighted by atomic mass is 9.88. The summed E-state index contributed by atoms with van der Waals surface area (Å²) in [5, 5.41) is 29.5. The normalized spacial score (nSPS) is 33.4. The number of carbonyl (C=O) groups is 1. The molecule has 20 heavy (non-hydrogen) atoms. The van der Waals surface area contributed by atoms with Crippen LogP contribution in [0.4, 0.5) is 0 Å². The van der Waals surface area contributed by atoms with Crippen molar-refractivity contribution in [2.24, 2.45) is 0 Å². The van der Waals surface area contributed by atoms with E-state index in [9.17, 15) is 20.1 Å². The molecule has 0 aliphatic carbocycles. The van der Waals surface area contributed by atoms with E-state index in [1.165, 1.54) is 6.92 Å². The van der Waals surface area contributed by atoms with E-state index >= 15 is 0 Å². The summed E-state index contributed by atoms with van der Waals surface area (Å²) in [6.07, 6.45) is -4.92. The number of benzene rings is 1. The lowest BCUT2D eigenvalue weighted by molar-refractivity contribution is -0.324. The van der Waals surface area contributed by atoms with Gasteiger partial charge >= 0.3 is 0 Å². The number of aliphatic hydroxyl groups is 3. The van der Waals surface area contributed by atoms with E-state index in [1.807, 2.05) is 6.07 Å². The fourth-order valence-corrected chi connectivity index (χ4v) is 2.14. The van der Waals surface area contributed by atoms with E-state index in [-0.39, 0.29) is 12.9 Å². The van der Waals surface area contributed by atoms with Crippen LogP contribution in [0.5, 0.6) is 0 Å². The van der Waals surface area contributed by atoms with Gasteiger partial charge in [0.25, 0.3) is 0 Å². The van der Waals surface area contributed by atoms with Crippen LogP contribution in [-0.2, 0) is 14.3 Å². The predicted molar refractivity (Wildman–Crippen MR) is 68.7 cm³/mol. The summed E-state index contributed by atoms with van der Waals surface area (Å²) in [7, 11) is 0. The van der Waals surface area contributed by atoms with Crippen LogP contribution in [-0.4, -0.2) is 52.1 Å². The van der Waals surface area contributed by atoms with Crippen LogP contribution >= 0.6 is 0 Å². The first-order valence-electron chi connectivity index (χ1n) is 6.33. The molecular formula is C14H18O6. The molecular weight excluding hydrogens is 264 g/mol. The summed E-state index contributed by atoms with van der Waals surface area (Å²) >= 11 is 0. The van der Waals surface area contributed by atoms with Crippen LogP contribution in [0.3, 0.4) is 0 Å². The van der Waals surface area contributed by atoms with Crippen molar-refractivity contribution in [3.05, 3.63) is 35.9 Å². The summed E-state index contributed by atoms with van der Waals surface area (Å²) in [4.78, 5) is 10.6. The van der Waals surface area contributed by atoms with Crippen molar-refractivity contribution < 1.29 is 29.6 Å². The molecule has 0 unspecified atom stereocenters. The first kappa shape index (κ1) is 15.1. The van der Waals surface area contributed by atoms with Gasteiger partial charge in [-0.3, -0.25) is 0 Å². The molecule has 1 saturated heterocycles. The minimum absolute atomic E-state index is 0.0707. The minimum Gasteiger partial charge on any atom is -0.388 e. The van der Waals surface area contributed by atoms with Gasteiger partial charge < -0.3 is 29.6 Å². The largest absolute Gasteiger partial charge is 0.388 e.